The van der Waals surface area contributed by atoms with E-state index < -0.39 is 5.41 Å². The first-order valence-electron chi connectivity index (χ1n) is 12.7. The Bertz CT molecular complexity index is 1590. The number of amides is 2. The van der Waals surface area contributed by atoms with Gasteiger partial charge >= 0.3 is 6.09 Å². The van der Waals surface area contributed by atoms with Crippen LogP contribution in [0.15, 0.2) is 59.0 Å². The Labute approximate surface area is 230 Å². The average molecular weight is 543 g/mol. The van der Waals surface area contributed by atoms with E-state index in [-0.39, 0.29) is 37.2 Å². The van der Waals surface area contributed by atoms with Crippen LogP contribution in [0.2, 0.25) is 5.02 Å². The molecular formula is C29H27ClN6O3. The minimum absolute atomic E-state index is 0.0772. The molecule has 1 saturated heterocycles. The third-order valence-electron chi connectivity index (χ3n) is 7.78. The molecule has 10 heteroatoms. The second-order valence-electron chi connectivity index (χ2n) is 10.6. The number of carbonyl (C=O) groups excluding carboxylic acids is 2. The van der Waals surface area contributed by atoms with Gasteiger partial charge in [0.2, 0.25) is 5.91 Å². The van der Waals surface area contributed by atoms with Crippen LogP contribution >= 0.6 is 11.6 Å². The summed E-state index contributed by atoms with van der Waals surface area (Å²) >= 11 is 6.25. The van der Waals surface area contributed by atoms with Crippen LogP contribution in [-0.4, -0.2) is 58.6 Å². The van der Waals surface area contributed by atoms with Gasteiger partial charge in [0, 0.05) is 47.7 Å². The molecule has 0 bridgehead atoms. The van der Waals surface area contributed by atoms with Crippen LogP contribution in [0.25, 0.3) is 16.3 Å². The van der Waals surface area contributed by atoms with Crippen LogP contribution in [0.4, 0.5) is 10.5 Å². The highest BCUT2D eigenvalue weighted by molar-refractivity contribution is 6.31. The summed E-state index contributed by atoms with van der Waals surface area (Å²) in [5, 5.41) is 2.43. The molecule has 2 amide bonds. The number of allylic oxidation sites excluding steroid dienone is 1. The Kier molecular flexibility index (Phi) is 5.99. The molecule has 3 aromatic rings. The molecule has 0 atom stereocenters. The lowest BCUT2D eigenvalue weighted by atomic mass is 9.75. The van der Waals surface area contributed by atoms with E-state index in [9.17, 15) is 9.59 Å². The highest BCUT2D eigenvalue weighted by atomic mass is 35.5. The first-order valence-corrected chi connectivity index (χ1v) is 13.1. The zero-order chi connectivity index (χ0) is 27.4. The van der Waals surface area contributed by atoms with Crippen LogP contribution in [-0.2, 0) is 21.5 Å². The number of fused-ring (bicyclic) bond motifs is 3. The molecule has 1 saturated carbocycles. The number of hydrogen-bond donors (Lipinski definition) is 0. The van der Waals surface area contributed by atoms with Gasteiger partial charge in [-0.1, -0.05) is 17.7 Å². The zero-order valence-electron chi connectivity index (χ0n) is 21.7. The lowest BCUT2D eigenvalue weighted by Crippen LogP contribution is -2.65. The van der Waals surface area contributed by atoms with Crippen LogP contribution in [0.5, 0.6) is 0 Å². The molecular weight excluding hydrogens is 516 g/mol. The van der Waals surface area contributed by atoms with Gasteiger partial charge in [-0.25, -0.2) is 9.79 Å². The smallest absolute Gasteiger partial charge is 0.410 e. The number of hydrogen-bond acceptors (Lipinski definition) is 6. The van der Waals surface area contributed by atoms with E-state index in [1.807, 2.05) is 38.1 Å². The van der Waals surface area contributed by atoms with Crippen molar-refractivity contribution in [1.82, 2.24) is 14.9 Å². The molecule has 2 aromatic heterocycles. The molecule has 0 N–H and O–H groups in total. The SMILES string of the molecule is C=N/C=N\C=C(/C)c1c(CN2C(=O)C3(CN(C(=O)OC4(C)CC4)C3)c3ccncc32)ncc2cc(Cl)ccc12. The number of pyridine rings is 2. The van der Waals surface area contributed by atoms with Gasteiger partial charge in [-0.3, -0.25) is 19.8 Å². The van der Waals surface area contributed by atoms with Crippen molar-refractivity contribution in [2.24, 2.45) is 9.98 Å². The number of aliphatic imine (C=N–C) groups is 2. The predicted octanol–water partition coefficient (Wildman–Crippen LogP) is 5.16. The van der Waals surface area contributed by atoms with Gasteiger partial charge in [0.15, 0.2) is 0 Å². The maximum Gasteiger partial charge on any atom is 0.410 e. The number of ether oxygens (including phenoxy) is 1. The van der Waals surface area contributed by atoms with Crippen molar-refractivity contribution >= 4 is 58.7 Å². The van der Waals surface area contributed by atoms with Crippen molar-refractivity contribution < 1.29 is 14.3 Å². The maximum atomic E-state index is 14.1. The summed E-state index contributed by atoms with van der Waals surface area (Å²) in [7, 11) is 0. The van der Waals surface area contributed by atoms with Crippen molar-refractivity contribution in [3.63, 3.8) is 0 Å². The fourth-order valence-electron chi connectivity index (χ4n) is 5.44. The van der Waals surface area contributed by atoms with Crippen LogP contribution in [0.1, 0.15) is 43.5 Å². The maximum absolute atomic E-state index is 14.1. The number of halogens is 1. The first kappa shape index (κ1) is 25.2. The molecule has 198 valence electrons. The number of benzene rings is 1. The Morgan fingerprint density at radius 2 is 2.05 bits per heavy atom. The van der Waals surface area contributed by atoms with Crippen molar-refractivity contribution in [3.8, 4) is 0 Å². The molecule has 6 rings (SSSR count). The number of aromatic nitrogens is 2. The Morgan fingerprint density at radius 1 is 1.26 bits per heavy atom. The summed E-state index contributed by atoms with van der Waals surface area (Å²) < 4.78 is 5.63. The summed E-state index contributed by atoms with van der Waals surface area (Å²) in [6.45, 7) is 8.07. The van der Waals surface area contributed by atoms with E-state index in [0.717, 1.165) is 46.0 Å². The van der Waals surface area contributed by atoms with E-state index in [1.165, 1.54) is 6.34 Å². The van der Waals surface area contributed by atoms with Gasteiger partial charge in [-0.2, -0.15) is 0 Å². The molecule has 39 heavy (non-hydrogen) atoms. The summed E-state index contributed by atoms with van der Waals surface area (Å²) in [5.74, 6) is -0.0772. The Balaban J connectivity index is 1.35. The van der Waals surface area contributed by atoms with Gasteiger partial charge in [0.05, 0.1) is 24.1 Å². The Morgan fingerprint density at radius 3 is 2.79 bits per heavy atom. The van der Waals surface area contributed by atoms with Crippen LogP contribution in [0.3, 0.4) is 0 Å². The van der Waals surface area contributed by atoms with Gasteiger partial charge in [-0.05, 0) is 68.1 Å². The summed E-state index contributed by atoms with van der Waals surface area (Å²) in [4.78, 5) is 47.0. The van der Waals surface area contributed by atoms with Crippen molar-refractivity contribution in [2.75, 3.05) is 18.0 Å². The summed E-state index contributed by atoms with van der Waals surface area (Å²) in [6.07, 6.45) is 9.60. The zero-order valence-corrected chi connectivity index (χ0v) is 22.5. The van der Waals surface area contributed by atoms with E-state index >= 15 is 0 Å². The van der Waals surface area contributed by atoms with E-state index in [2.05, 4.69) is 21.7 Å². The standard InChI is InChI=1S/C29H27ClN6O3/c1-18(11-33-17-31-3)25-21-5-4-20(30)10-19(21)12-34-23(25)14-36-24-13-32-9-6-22(24)29(26(36)37)15-35(16-29)27(38)39-28(2)7-8-28/h4-6,9-13,17H,3,7-8,14-16H2,1-2H3/b18-11+,33-17-. The quantitative estimate of drug-likeness (QED) is 0.316. The monoisotopic (exact) mass is 542 g/mol. The fraction of sp³-hybridized carbons (Fsp3) is 0.310. The van der Waals surface area contributed by atoms with Gasteiger partial charge < -0.3 is 14.5 Å². The first-order chi connectivity index (χ1) is 18.7. The normalized spacial score (nSPS) is 18.9. The summed E-state index contributed by atoms with van der Waals surface area (Å²) in [6, 6.07) is 7.51. The molecule has 2 fully saturated rings. The van der Waals surface area contributed by atoms with E-state index in [4.69, 9.17) is 21.3 Å². The molecule has 2 aliphatic heterocycles. The number of rotatable bonds is 6. The molecule has 0 unspecified atom stereocenters. The Hall–Kier alpha value is -4.11. The van der Waals surface area contributed by atoms with E-state index in [1.54, 1.807) is 34.6 Å². The molecule has 4 heterocycles. The minimum atomic E-state index is -0.822. The highest BCUT2D eigenvalue weighted by Gasteiger charge is 2.60. The third-order valence-corrected chi connectivity index (χ3v) is 8.01. The van der Waals surface area contributed by atoms with E-state index in [0.29, 0.717) is 10.7 Å². The molecule has 0 radical (unpaired) electrons. The van der Waals surface area contributed by atoms with Crippen LogP contribution in [0, 0.1) is 0 Å². The summed E-state index contributed by atoms with van der Waals surface area (Å²) in [5.41, 5.74) is 2.82. The molecule has 3 aliphatic rings. The second kappa shape index (κ2) is 9.27. The average Bonchev–Trinajstić information content (AvgIpc) is 3.56. The van der Waals surface area contributed by atoms with Crippen molar-refractivity contribution in [1.29, 1.82) is 0 Å². The van der Waals surface area contributed by atoms with Gasteiger partial charge in [-0.15, -0.1) is 0 Å². The van der Waals surface area contributed by atoms with Gasteiger partial charge in [0.25, 0.3) is 0 Å². The number of likely N-dealkylation sites (tertiary alicyclic amines) is 1. The largest absolute Gasteiger partial charge is 0.443 e. The molecule has 1 spiro atoms. The van der Waals surface area contributed by atoms with Crippen LogP contribution < -0.4 is 4.90 Å². The number of nitrogens with zero attached hydrogens (tertiary/aromatic N) is 6. The predicted molar refractivity (Wildman–Crippen MR) is 151 cm³/mol. The molecule has 9 nitrogen and oxygen atoms in total. The van der Waals surface area contributed by atoms with Crippen molar-refractivity contribution in [2.45, 2.75) is 44.2 Å². The topological polar surface area (TPSA) is 100 Å². The lowest BCUT2D eigenvalue weighted by Gasteiger charge is -2.46. The lowest BCUT2D eigenvalue weighted by molar-refractivity contribution is -0.128. The number of anilines is 1. The van der Waals surface area contributed by atoms with Gasteiger partial charge in [0.1, 0.15) is 17.4 Å². The molecule has 1 aliphatic carbocycles. The fourth-order valence-corrected chi connectivity index (χ4v) is 5.62. The highest BCUT2D eigenvalue weighted by Crippen LogP contribution is 2.49. The number of carbonyl (C=O) groups is 2. The minimum Gasteiger partial charge on any atom is -0.443 e. The third kappa shape index (κ3) is 4.27. The van der Waals surface area contributed by atoms with Crippen molar-refractivity contribution in [3.05, 3.63) is 70.9 Å². The molecule has 1 aromatic carbocycles. The second-order valence-corrected chi connectivity index (χ2v) is 11.0.